The summed E-state index contributed by atoms with van der Waals surface area (Å²) in [4.78, 5) is 2.74. The van der Waals surface area contributed by atoms with Gasteiger partial charge in [-0.2, -0.15) is 0 Å². The standard InChI is InChI=1S/C8H8IN3/c1-2-6-3-4-8(11-12-10)7(9)5-6/h3-5H,2H2,1H3. The SMILES string of the molecule is CCc1ccc(N=[N+]=[N-])c(I)c1. The number of hydrogen-bond donors (Lipinski definition) is 0. The summed E-state index contributed by atoms with van der Waals surface area (Å²) in [6, 6.07) is 5.86. The second-order valence-corrected chi connectivity index (χ2v) is 3.49. The van der Waals surface area contributed by atoms with Crippen molar-refractivity contribution >= 4 is 28.3 Å². The Labute approximate surface area is 84.6 Å². The molecule has 0 aliphatic rings. The van der Waals surface area contributed by atoms with E-state index in [1.807, 2.05) is 18.2 Å². The topological polar surface area (TPSA) is 48.8 Å². The van der Waals surface area contributed by atoms with Crippen molar-refractivity contribution in [3.63, 3.8) is 0 Å². The number of rotatable bonds is 2. The maximum absolute atomic E-state index is 8.23. The van der Waals surface area contributed by atoms with Gasteiger partial charge in [0.15, 0.2) is 0 Å². The van der Waals surface area contributed by atoms with Crippen molar-refractivity contribution in [3.05, 3.63) is 37.8 Å². The molecule has 1 aromatic carbocycles. The molecule has 1 aromatic rings. The van der Waals surface area contributed by atoms with Crippen LogP contribution in [0.4, 0.5) is 5.69 Å². The Kier molecular flexibility index (Phi) is 3.37. The van der Waals surface area contributed by atoms with E-state index in [-0.39, 0.29) is 0 Å². The molecule has 62 valence electrons. The zero-order chi connectivity index (χ0) is 8.97. The Morgan fingerprint density at radius 3 is 2.83 bits per heavy atom. The molecule has 0 saturated carbocycles. The lowest BCUT2D eigenvalue weighted by Crippen LogP contribution is -1.80. The zero-order valence-corrected chi connectivity index (χ0v) is 8.82. The first-order valence-electron chi connectivity index (χ1n) is 3.61. The van der Waals surface area contributed by atoms with Gasteiger partial charge in [0.25, 0.3) is 0 Å². The van der Waals surface area contributed by atoms with E-state index < -0.39 is 0 Å². The summed E-state index contributed by atoms with van der Waals surface area (Å²) < 4.78 is 1.00. The van der Waals surface area contributed by atoms with Crippen molar-refractivity contribution in [2.75, 3.05) is 0 Å². The first-order valence-corrected chi connectivity index (χ1v) is 4.69. The maximum Gasteiger partial charge on any atom is 0.0509 e. The highest BCUT2D eigenvalue weighted by Gasteiger charge is 1.97. The Balaban J connectivity index is 3.11. The van der Waals surface area contributed by atoms with E-state index >= 15 is 0 Å². The molecule has 3 nitrogen and oxygen atoms in total. The van der Waals surface area contributed by atoms with Crippen molar-refractivity contribution in [1.82, 2.24) is 0 Å². The summed E-state index contributed by atoms with van der Waals surface area (Å²) in [5.74, 6) is 0. The summed E-state index contributed by atoms with van der Waals surface area (Å²) in [7, 11) is 0. The lowest BCUT2D eigenvalue weighted by molar-refractivity contribution is 1.13. The minimum Gasteiger partial charge on any atom is -0.0613 e. The number of benzene rings is 1. The van der Waals surface area contributed by atoms with Crippen LogP contribution in [-0.2, 0) is 6.42 Å². The van der Waals surface area contributed by atoms with Crippen LogP contribution in [0.3, 0.4) is 0 Å². The number of nitrogens with zero attached hydrogens (tertiary/aromatic N) is 3. The van der Waals surface area contributed by atoms with E-state index in [1.165, 1.54) is 5.56 Å². The minimum atomic E-state index is 0.704. The molecule has 0 bridgehead atoms. The fraction of sp³-hybridized carbons (Fsp3) is 0.250. The zero-order valence-electron chi connectivity index (χ0n) is 6.66. The first-order chi connectivity index (χ1) is 5.77. The Bertz CT molecular complexity index is 329. The fourth-order valence-electron chi connectivity index (χ4n) is 0.900. The van der Waals surface area contributed by atoms with Crippen LogP contribution in [0, 0.1) is 3.57 Å². The van der Waals surface area contributed by atoms with Crippen molar-refractivity contribution < 1.29 is 0 Å². The molecule has 4 heteroatoms. The number of hydrogen-bond acceptors (Lipinski definition) is 1. The summed E-state index contributed by atoms with van der Waals surface area (Å²) in [6.07, 6.45) is 1.01. The molecule has 0 N–H and O–H groups in total. The molecule has 0 saturated heterocycles. The van der Waals surface area contributed by atoms with Gasteiger partial charge in [-0.15, -0.1) is 0 Å². The van der Waals surface area contributed by atoms with Crippen LogP contribution in [0.1, 0.15) is 12.5 Å². The first kappa shape index (κ1) is 9.35. The third kappa shape index (κ3) is 2.12. The third-order valence-electron chi connectivity index (χ3n) is 1.57. The monoisotopic (exact) mass is 273 g/mol. The normalized spacial score (nSPS) is 9.17. The highest BCUT2D eigenvalue weighted by Crippen LogP contribution is 2.22. The van der Waals surface area contributed by atoms with Crippen LogP contribution >= 0.6 is 22.6 Å². The van der Waals surface area contributed by atoms with Gasteiger partial charge in [-0.25, -0.2) is 0 Å². The van der Waals surface area contributed by atoms with Crippen LogP contribution in [0.5, 0.6) is 0 Å². The highest BCUT2D eigenvalue weighted by atomic mass is 127. The smallest absolute Gasteiger partial charge is 0.0509 e. The van der Waals surface area contributed by atoms with Gasteiger partial charge in [-0.05, 0) is 46.2 Å². The highest BCUT2D eigenvalue weighted by molar-refractivity contribution is 14.1. The van der Waals surface area contributed by atoms with Crippen molar-refractivity contribution in [3.8, 4) is 0 Å². The van der Waals surface area contributed by atoms with E-state index in [0.29, 0.717) is 5.69 Å². The van der Waals surface area contributed by atoms with E-state index in [4.69, 9.17) is 5.53 Å². The van der Waals surface area contributed by atoms with Crippen LogP contribution in [0.2, 0.25) is 0 Å². The Hall–Kier alpha value is -0.740. The van der Waals surface area contributed by atoms with Gasteiger partial charge in [0.05, 0.1) is 5.69 Å². The molecule has 0 spiro atoms. The van der Waals surface area contributed by atoms with Crippen LogP contribution < -0.4 is 0 Å². The van der Waals surface area contributed by atoms with Gasteiger partial charge in [-0.3, -0.25) is 0 Å². The lowest BCUT2D eigenvalue weighted by atomic mass is 10.2. The third-order valence-corrected chi connectivity index (χ3v) is 2.44. The van der Waals surface area contributed by atoms with Crippen LogP contribution in [-0.4, -0.2) is 0 Å². The van der Waals surface area contributed by atoms with E-state index in [2.05, 4.69) is 39.5 Å². The molecule has 0 aromatic heterocycles. The van der Waals surface area contributed by atoms with E-state index in [9.17, 15) is 0 Å². The molecular formula is C8H8IN3. The summed E-state index contributed by atoms with van der Waals surface area (Å²) >= 11 is 2.17. The van der Waals surface area contributed by atoms with Gasteiger partial charge in [0, 0.05) is 8.48 Å². The molecule has 0 unspecified atom stereocenters. The molecule has 0 aliphatic carbocycles. The number of halogens is 1. The Morgan fingerprint density at radius 2 is 2.33 bits per heavy atom. The lowest BCUT2D eigenvalue weighted by Gasteiger charge is -1.99. The fourth-order valence-corrected chi connectivity index (χ4v) is 1.59. The largest absolute Gasteiger partial charge is 0.0613 e. The number of azide groups is 1. The van der Waals surface area contributed by atoms with Gasteiger partial charge < -0.3 is 0 Å². The molecule has 0 radical (unpaired) electrons. The van der Waals surface area contributed by atoms with Gasteiger partial charge >= 0.3 is 0 Å². The predicted molar refractivity (Wildman–Crippen MR) is 57.3 cm³/mol. The average molecular weight is 273 g/mol. The molecule has 0 amide bonds. The summed E-state index contributed by atoms with van der Waals surface area (Å²) in [5, 5.41) is 3.55. The van der Waals surface area contributed by atoms with Gasteiger partial charge in [0.1, 0.15) is 0 Å². The van der Waals surface area contributed by atoms with E-state index in [0.717, 1.165) is 9.99 Å². The maximum atomic E-state index is 8.23. The summed E-state index contributed by atoms with van der Waals surface area (Å²) in [6.45, 7) is 2.10. The van der Waals surface area contributed by atoms with Crippen LogP contribution in [0.25, 0.3) is 10.4 Å². The second kappa shape index (κ2) is 4.33. The van der Waals surface area contributed by atoms with Gasteiger partial charge in [-0.1, -0.05) is 24.2 Å². The molecule has 0 atom stereocenters. The van der Waals surface area contributed by atoms with E-state index in [1.54, 1.807) is 0 Å². The van der Waals surface area contributed by atoms with Crippen molar-refractivity contribution in [2.45, 2.75) is 13.3 Å². The number of aryl methyl sites for hydroxylation is 1. The Morgan fingerprint density at radius 1 is 1.58 bits per heavy atom. The molecule has 12 heavy (non-hydrogen) atoms. The summed E-state index contributed by atoms with van der Waals surface area (Å²) in [5.41, 5.74) is 10.2. The molecule has 1 rings (SSSR count). The molecule has 0 fully saturated rings. The predicted octanol–water partition coefficient (Wildman–Crippen LogP) is 3.80. The quantitative estimate of drug-likeness (QED) is 0.340. The second-order valence-electron chi connectivity index (χ2n) is 2.33. The van der Waals surface area contributed by atoms with Crippen LogP contribution in [0.15, 0.2) is 23.3 Å². The average Bonchev–Trinajstić information content (AvgIpc) is 2.09. The molecular weight excluding hydrogens is 265 g/mol. The van der Waals surface area contributed by atoms with Crippen molar-refractivity contribution in [1.29, 1.82) is 0 Å². The van der Waals surface area contributed by atoms with Crippen molar-refractivity contribution in [2.24, 2.45) is 5.11 Å². The molecule has 0 heterocycles. The van der Waals surface area contributed by atoms with Gasteiger partial charge in [0.2, 0.25) is 0 Å². The molecule has 0 aliphatic heterocycles. The minimum absolute atomic E-state index is 0.704.